The van der Waals surface area contributed by atoms with Gasteiger partial charge in [0.15, 0.2) is 0 Å². The average Bonchev–Trinajstić information content (AvgIpc) is 1.97. The van der Waals surface area contributed by atoms with Crippen molar-refractivity contribution in [3.8, 4) is 0 Å². The monoisotopic (exact) mass is 300 g/mol. The Morgan fingerprint density at radius 2 is 1.93 bits per heavy atom. The second-order valence-corrected chi connectivity index (χ2v) is 6.52. The standard InChI is InChI=1S/C8H17BrN2O3S/c1-8(2,11-15(3,13)14)6-10-7(12)4-5-9/h11H,4-6H2,1-3H3,(H,10,12). The molecule has 0 aliphatic heterocycles. The lowest BCUT2D eigenvalue weighted by Gasteiger charge is -2.25. The Hall–Kier alpha value is -0.140. The maximum absolute atomic E-state index is 11.1. The van der Waals surface area contributed by atoms with E-state index >= 15 is 0 Å². The molecule has 0 bridgehead atoms. The van der Waals surface area contributed by atoms with Crippen LogP contribution in [0.1, 0.15) is 20.3 Å². The molecule has 15 heavy (non-hydrogen) atoms. The maximum Gasteiger partial charge on any atom is 0.220 e. The van der Waals surface area contributed by atoms with E-state index in [0.717, 1.165) is 6.26 Å². The number of hydrogen-bond acceptors (Lipinski definition) is 3. The minimum atomic E-state index is -3.25. The van der Waals surface area contributed by atoms with Gasteiger partial charge in [0.25, 0.3) is 0 Å². The van der Waals surface area contributed by atoms with Gasteiger partial charge in [-0.2, -0.15) is 0 Å². The Morgan fingerprint density at radius 3 is 2.33 bits per heavy atom. The van der Waals surface area contributed by atoms with Gasteiger partial charge in [0.2, 0.25) is 15.9 Å². The Labute approximate surface area is 99.2 Å². The molecular weight excluding hydrogens is 284 g/mol. The summed E-state index contributed by atoms with van der Waals surface area (Å²) in [6.07, 6.45) is 1.48. The van der Waals surface area contributed by atoms with Crippen LogP contribution >= 0.6 is 15.9 Å². The molecule has 0 atom stereocenters. The molecule has 0 saturated carbocycles. The van der Waals surface area contributed by atoms with E-state index in [-0.39, 0.29) is 12.5 Å². The van der Waals surface area contributed by atoms with Gasteiger partial charge >= 0.3 is 0 Å². The van der Waals surface area contributed by atoms with Crippen LogP contribution in [0, 0.1) is 0 Å². The number of sulfonamides is 1. The SMILES string of the molecule is CC(C)(CNC(=O)CCBr)NS(C)(=O)=O. The lowest BCUT2D eigenvalue weighted by atomic mass is 10.1. The second-order valence-electron chi connectivity index (χ2n) is 3.97. The fraction of sp³-hybridized carbons (Fsp3) is 0.875. The maximum atomic E-state index is 11.1. The third kappa shape index (κ3) is 8.83. The first-order valence-electron chi connectivity index (χ1n) is 4.48. The first-order chi connectivity index (χ1) is 6.66. The number of nitrogens with one attached hydrogen (secondary N) is 2. The van der Waals surface area contributed by atoms with Crippen LogP contribution in [0.15, 0.2) is 0 Å². The average molecular weight is 301 g/mol. The molecule has 1 amide bonds. The van der Waals surface area contributed by atoms with Gasteiger partial charge in [-0.25, -0.2) is 13.1 Å². The Bertz CT molecular complexity index is 314. The van der Waals surface area contributed by atoms with Crippen LogP contribution in [0.3, 0.4) is 0 Å². The fourth-order valence-corrected chi connectivity index (χ4v) is 2.47. The highest BCUT2D eigenvalue weighted by Gasteiger charge is 2.22. The van der Waals surface area contributed by atoms with Gasteiger partial charge in [-0.1, -0.05) is 15.9 Å². The molecule has 7 heteroatoms. The smallest absolute Gasteiger partial charge is 0.220 e. The normalized spacial score (nSPS) is 12.5. The number of hydrogen-bond donors (Lipinski definition) is 2. The van der Waals surface area contributed by atoms with Crippen molar-refractivity contribution in [2.24, 2.45) is 0 Å². The number of halogens is 1. The van der Waals surface area contributed by atoms with Crippen LogP contribution in [0.5, 0.6) is 0 Å². The lowest BCUT2D eigenvalue weighted by molar-refractivity contribution is -0.120. The number of rotatable bonds is 6. The molecule has 0 spiro atoms. The summed E-state index contributed by atoms with van der Waals surface area (Å²) in [6.45, 7) is 3.69. The van der Waals surface area contributed by atoms with Gasteiger partial charge in [-0.3, -0.25) is 4.79 Å². The minimum Gasteiger partial charge on any atom is -0.354 e. The zero-order valence-electron chi connectivity index (χ0n) is 9.13. The third-order valence-corrected chi connectivity index (χ3v) is 2.83. The van der Waals surface area contributed by atoms with Gasteiger partial charge in [0.1, 0.15) is 0 Å². The van der Waals surface area contributed by atoms with Gasteiger partial charge in [-0.15, -0.1) is 0 Å². The molecule has 0 rings (SSSR count). The van der Waals surface area contributed by atoms with Crippen molar-refractivity contribution in [1.29, 1.82) is 0 Å². The topological polar surface area (TPSA) is 75.3 Å². The number of carbonyl (C=O) groups excluding carboxylic acids is 1. The molecule has 0 unspecified atom stereocenters. The molecule has 0 radical (unpaired) electrons. The van der Waals surface area contributed by atoms with Crippen molar-refractivity contribution < 1.29 is 13.2 Å². The minimum absolute atomic E-state index is 0.102. The molecule has 0 heterocycles. The van der Waals surface area contributed by atoms with Crippen LogP contribution in [0.25, 0.3) is 0 Å². The zero-order chi connectivity index (χ0) is 12.1. The zero-order valence-corrected chi connectivity index (χ0v) is 11.5. The van der Waals surface area contributed by atoms with Gasteiger partial charge in [-0.05, 0) is 13.8 Å². The van der Waals surface area contributed by atoms with Crippen LogP contribution < -0.4 is 10.0 Å². The lowest BCUT2D eigenvalue weighted by Crippen LogP contribution is -2.51. The fourth-order valence-electron chi connectivity index (χ4n) is 1.03. The highest BCUT2D eigenvalue weighted by atomic mass is 79.9. The summed E-state index contributed by atoms with van der Waals surface area (Å²) >= 11 is 3.15. The summed E-state index contributed by atoms with van der Waals surface area (Å²) in [4.78, 5) is 11.1. The molecule has 0 saturated heterocycles. The predicted octanol–water partition coefficient (Wildman–Crippen LogP) is 0.215. The highest BCUT2D eigenvalue weighted by molar-refractivity contribution is 9.09. The van der Waals surface area contributed by atoms with Crippen molar-refractivity contribution >= 4 is 31.9 Å². The van der Waals surface area contributed by atoms with Gasteiger partial charge < -0.3 is 5.32 Å². The van der Waals surface area contributed by atoms with Crippen molar-refractivity contribution in [3.05, 3.63) is 0 Å². The Morgan fingerprint density at radius 1 is 1.40 bits per heavy atom. The summed E-state index contributed by atoms with van der Waals surface area (Å²) in [5.41, 5.74) is -0.671. The van der Waals surface area contributed by atoms with E-state index in [9.17, 15) is 13.2 Å². The molecule has 5 nitrogen and oxygen atoms in total. The summed E-state index contributed by atoms with van der Waals surface area (Å²) in [5.74, 6) is -0.102. The summed E-state index contributed by atoms with van der Waals surface area (Å²) in [7, 11) is -3.25. The Kier molecular flexibility index (Phi) is 5.76. The molecule has 0 fully saturated rings. The van der Waals surface area contributed by atoms with E-state index in [4.69, 9.17) is 0 Å². The Balaban J connectivity index is 4.10. The summed E-state index contributed by atoms with van der Waals surface area (Å²) < 4.78 is 24.4. The molecule has 2 N–H and O–H groups in total. The number of amides is 1. The van der Waals surface area contributed by atoms with E-state index < -0.39 is 15.6 Å². The van der Waals surface area contributed by atoms with E-state index in [2.05, 4.69) is 26.0 Å². The predicted molar refractivity (Wildman–Crippen MR) is 63.5 cm³/mol. The molecular formula is C8H17BrN2O3S. The molecule has 0 aromatic carbocycles. The molecule has 0 aliphatic rings. The van der Waals surface area contributed by atoms with E-state index in [1.54, 1.807) is 13.8 Å². The van der Waals surface area contributed by atoms with Crippen molar-refractivity contribution in [1.82, 2.24) is 10.0 Å². The molecule has 0 aromatic heterocycles. The largest absolute Gasteiger partial charge is 0.354 e. The third-order valence-electron chi connectivity index (χ3n) is 1.51. The van der Waals surface area contributed by atoms with E-state index in [1.165, 1.54) is 0 Å². The molecule has 0 aromatic rings. The summed E-state index contributed by atoms with van der Waals surface area (Å²) in [5, 5.41) is 3.25. The van der Waals surface area contributed by atoms with Crippen molar-refractivity contribution in [2.75, 3.05) is 18.1 Å². The highest BCUT2D eigenvalue weighted by Crippen LogP contribution is 2.02. The van der Waals surface area contributed by atoms with Gasteiger partial charge in [0, 0.05) is 23.8 Å². The quantitative estimate of drug-likeness (QED) is 0.689. The second kappa shape index (κ2) is 5.81. The number of carbonyl (C=O) groups is 1. The van der Waals surface area contributed by atoms with Crippen molar-refractivity contribution in [2.45, 2.75) is 25.8 Å². The molecule has 90 valence electrons. The van der Waals surface area contributed by atoms with Crippen LogP contribution in [-0.4, -0.2) is 38.0 Å². The van der Waals surface area contributed by atoms with Gasteiger partial charge in [0.05, 0.1) is 6.26 Å². The first-order valence-corrected chi connectivity index (χ1v) is 7.49. The van der Waals surface area contributed by atoms with Crippen LogP contribution in [0.2, 0.25) is 0 Å². The van der Waals surface area contributed by atoms with E-state index in [0.29, 0.717) is 11.8 Å². The van der Waals surface area contributed by atoms with Crippen LogP contribution in [0.4, 0.5) is 0 Å². The number of alkyl halides is 1. The van der Waals surface area contributed by atoms with Crippen LogP contribution in [-0.2, 0) is 14.8 Å². The van der Waals surface area contributed by atoms with Crippen molar-refractivity contribution in [3.63, 3.8) is 0 Å². The molecule has 0 aliphatic carbocycles. The summed E-state index contributed by atoms with van der Waals surface area (Å²) in [6, 6.07) is 0. The first kappa shape index (κ1) is 14.9. The van der Waals surface area contributed by atoms with E-state index in [1.807, 2.05) is 0 Å².